The largest absolute Gasteiger partial charge is 0.314 e. The van der Waals surface area contributed by atoms with E-state index in [2.05, 4.69) is 12.2 Å². The Hall–Kier alpha value is -0.0400. The van der Waals surface area contributed by atoms with Gasteiger partial charge < -0.3 is 5.32 Å². The number of hydrogen-bond acceptors (Lipinski definition) is 1. The molecule has 1 spiro atoms. The minimum Gasteiger partial charge on any atom is -0.314 e. The smallest absolute Gasteiger partial charge is 0.00674 e. The summed E-state index contributed by atoms with van der Waals surface area (Å²) in [7, 11) is 0. The molecule has 0 aromatic heterocycles. The Kier molecular flexibility index (Phi) is 4.69. The number of unbranched alkanes of at least 4 members (excludes halogenated alkanes) is 1. The highest BCUT2D eigenvalue weighted by Crippen LogP contribution is 2.47. The first-order valence-corrected chi connectivity index (χ1v) is 7.58. The molecule has 0 atom stereocenters. The van der Waals surface area contributed by atoms with Gasteiger partial charge in [0.05, 0.1) is 0 Å². The number of nitrogens with one attached hydrogen (secondary N) is 1. The Balaban J connectivity index is 1.69. The van der Waals surface area contributed by atoms with Crippen molar-refractivity contribution < 1.29 is 0 Å². The zero-order valence-electron chi connectivity index (χ0n) is 11.1. The molecular formula is C15H29N. The third-order valence-electron chi connectivity index (χ3n) is 4.92. The maximum atomic E-state index is 3.74. The van der Waals surface area contributed by atoms with Crippen molar-refractivity contribution >= 4 is 0 Å². The van der Waals surface area contributed by atoms with Gasteiger partial charge in [0.2, 0.25) is 0 Å². The Morgan fingerprint density at radius 2 is 1.69 bits per heavy atom. The molecule has 2 aliphatic carbocycles. The van der Waals surface area contributed by atoms with Crippen molar-refractivity contribution in [3.05, 3.63) is 0 Å². The van der Waals surface area contributed by atoms with Crippen molar-refractivity contribution in [2.75, 3.05) is 6.54 Å². The molecule has 1 N–H and O–H groups in total. The second-order valence-corrected chi connectivity index (χ2v) is 6.14. The Bertz CT molecular complexity index is 184. The molecule has 1 nitrogen and oxygen atoms in total. The summed E-state index contributed by atoms with van der Waals surface area (Å²) in [6.45, 7) is 3.52. The monoisotopic (exact) mass is 223 g/mol. The van der Waals surface area contributed by atoms with Gasteiger partial charge in [-0.3, -0.25) is 0 Å². The topological polar surface area (TPSA) is 12.0 Å². The quantitative estimate of drug-likeness (QED) is 0.702. The maximum absolute atomic E-state index is 3.74. The molecule has 2 saturated carbocycles. The molecule has 0 aromatic rings. The van der Waals surface area contributed by atoms with Crippen LogP contribution >= 0.6 is 0 Å². The van der Waals surface area contributed by atoms with E-state index in [0.717, 1.165) is 11.5 Å². The summed E-state index contributed by atoms with van der Waals surface area (Å²) in [6.07, 6.45) is 16.2. The van der Waals surface area contributed by atoms with Gasteiger partial charge >= 0.3 is 0 Å². The van der Waals surface area contributed by atoms with Crippen LogP contribution in [0.4, 0.5) is 0 Å². The molecule has 0 bridgehead atoms. The molecule has 0 radical (unpaired) electrons. The summed E-state index contributed by atoms with van der Waals surface area (Å²) < 4.78 is 0. The normalized spacial score (nSPS) is 26.1. The first kappa shape index (κ1) is 12.4. The fourth-order valence-corrected chi connectivity index (χ4v) is 3.72. The van der Waals surface area contributed by atoms with Gasteiger partial charge in [0.15, 0.2) is 0 Å². The second kappa shape index (κ2) is 6.05. The summed E-state index contributed by atoms with van der Waals surface area (Å²) in [5.41, 5.74) is 0.793. The van der Waals surface area contributed by atoms with E-state index in [1.807, 2.05) is 0 Å². The average Bonchev–Trinajstić information content (AvgIpc) is 2.33. The number of rotatable bonds is 4. The Labute approximate surface area is 101 Å². The Morgan fingerprint density at radius 1 is 1.00 bits per heavy atom. The van der Waals surface area contributed by atoms with Gasteiger partial charge in [-0.2, -0.15) is 0 Å². The van der Waals surface area contributed by atoms with E-state index in [9.17, 15) is 0 Å². The van der Waals surface area contributed by atoms with Gasteiger partial charge in [0.25, 0.3) is 0 Å². The highest BCUT2D eigenvalue weighted by molar-refractivity contribution is 4.89. The van der Waals surface area contributed by atoms with E-state index in [-0.39, 0.29) is 0 Å². The van der Waals surface area contributed by atoms with Crippen LogP contribution in [0.3, 0.4) is 0 Å². The molecule has 0 heterocycles. The molecule has 0 unspecified atom stereocenters. The van der Waals surface area contributed by atoms with Crippen molar-refractivity contribution in [3.8, 4) is 0 Å². The van der Waals surface area contributed by atoms with Crippen molar-refractivity contribution in [3.63, 3.8) is 0 Å². The lowest BCUT2D eigenvalue weighted by atomic mass is 9.64. The van der Waals surface area contributed by atoms with Crippen molar-refractivity contribution in [2.45, 2.75) is 83.6 Å². The predicted molar refractivity (Wildman–Crippen MR) is 70.7 cm³/mol. The van der Waals surface area contributed by atoms with Crippen LogP contribution in [0.25, 0.3) is 0 Å². The molecule has 0 aliphatic heterocycles. The fraction of sp³-hybridized carbons (Fsp3) is 1.00. The third kappa shape index (κ3) is 3.23. The van der Waals surface area contributed by atoms with Crippen LogP contribution in [0.15, 0.2) is 0 Å². The standard InChI is InChI=1S/C15H29N/c1-2-3-13-16-14-7-11-15(12-8-14)9-5-4-6-10-15/h14,16H,2-13H2,1H3. The lowest BCUT2D eigenvalue weighted by Gasteiger charge is -2.43. The summed E-state index contributed by atoms with van der Waals surface area (Å²) in [5.74, 6) is 0. The van der Waals surface area contributed by atoms with Crippen LogP contribution in [0.5, 0.6) is 0 Å². The van der Waals surface area contributed by atoms with Gasteiger partial charge in [-0.15, -0.1) is 0 Å². The maximum Gasteiger partial charge on any atom is 0.00674 e. The summed E-state index contributed by atoms with van der Waals surface area (Å²) in [6, 6.07) is 0.846. The lowest BCUT2D eigenvalue weighted by Crippen LogP contribution is -2.38. The summed E-state index contributed by atoms with van der Waals surface area (Å²) in [4.78, 5) is 0. The highest BCUT2D eigenvalue weighted by atomic mass is 14.9. The van der Waals surface area contributed by atoms with Crippen molar-refractivity contribution in [2.24, 2.45) is 5.41 Å². The van der Waals surface area contributed by atoms with Crippen LogP contribution in [-0.4, -0.2) is 12.6 Å². The molecule has 0 saturated heterocycles. The fourth-order valence-electron chi connectivity index (χ4n) is 3.72. The van der Waals surface area contributed by atoms with E-state index >= 15 is 0 Å². The zero-order valence-corrected chi connectivity index (χ0v) is 11.1. The molecule has 94 valence electrons. The lowest BCUT2D eigenvalue weighted by molar-refractivity contribution is 0.107. The van der Waals surface area contributed by atoms with Crippen LogP contribution in [0.2, 0.25) is 0 Å². The molecule has 1 heteroatoms. The van der Waals surface area contributed by atoms with Crippen LogP contribution in [-0.2, 0) is 0 Å². The van der Waals surface area contributed by atoms with E-state index in [0.29, 0.717) is 0 Å². The summed E-state index contributed by atoms with van der Waals surface area (Å²) >= 11 is 0. The minimum absolute atomic E-state index is 0.793. The Morgan fingerprint density at radius 3 is 2.31 bits per heavy atom. The number of hydrogen-bond donors (Lipinski definition) is 1. The zero-order chi connectivity index (χ0) is 11.3. The molecular weight excluding hydrogens is 194 g/mol. The first-order chi connectivity index (χ1) is 7.85. The third-order valence-corrected chi connectivity index (χ3v) is 4.92. The molecule has 0 aromatic carbocycles. The van der Waals surface area contributed by atoms with Gasteiger partial charge in [-0.25, -0.2) is 0 Å². The van der Waals surface area contributed by atoms with Gasteiger partial charge in [-0.1, -0.05) is 32.6 Å². The van der Waals surface area contributed by atoms with Crippen molar-refractivity contribution in [1.29, 1.82) is 0 Å². The van der Waals surface area contributed by atoms with E-state index < -0.39 is 0 Å². The molecule has 16 heavy (non-hydrogen) atoms. The SMILES string of the molecule is CCCCNC1CCC2(CCCCC2)CC1. The van der Waals surface area contributed by atoms with Crippen LogP contribution in [0, 0.1) is 5.41 Å². The van der Waals surface area contributed by atoms with E-state index in [1.54, 1.807) is 0 Å². The van der Waals surface area contributed by atoms with Crippen LogP contribution in [0.1, 0.15) is 77.6 Å². The first-order valence-electron chi connectivity index (χ1n) is 7.58. The van der Waals surface area contributed by atoms with Crippen molar-refractivity contribution in [1.82, 2.24) is 5.32 Å². The van der Waals surface area contributed by atoms with Crippen LogP contribution < -0.4 is 5.32 Å². The van der Waals surface area contributed by atoms with E-state index in [1.165, 1.54) is 77.2 Å². The summed E-state index contributed by atoms with van der Waals surface area (Å²) in [5, 5.41) is 3.74. The minimum atomic E-state index is 0.793. The molecule has 2 rings (SSSR count). The average molecular weight is 223 g/mol. The molecule has 2 aliphatic rings. The van der Waals surface area contributed by atoms with Gasteiger partial charge in [0, 0.05) is 6.04 Å². The highest BCUT2D eigenvalue weighted by Gasteiger charge is 2.35. The van der Waals surface area contributed by atoms with Gasteiger partial charge in [-0.05, 0) is 56.9 Å². The predicted octanol–water partition coefficient (Wildman–Crippen LogP) is 4.27. The second-order valence-electron chi connectivity index (χ2n) is 6.14. The molecule has 2 fully saturated rings. The van der Waals surface area contributed by atoms with Gasteiger partial charge in [0.1, 0.15) is 0 Å². The van der Waals surface area contributed by atoms with E-state index in [4.69, 9.17) is 0 Å². The molecule has 0 amide bonds.